The van der Waals surface area contributed by atoms with Gasteiger partial charge in [-0.15, -0.1) is 0 Å². The second-order valence-corrected chi connectivity index (χ2v) is 3.90. The summed E-state index contributed by atoms with van der Waals surface area (Å²) in [6.45, 7) is 4.13. The zero-order chi connectivity index (χ0) is 13.1. The third kappa shape index (κ3) is 2.07. The first-order valence-corrected chi connectivity index (χ1v) is 5.72. The van der Waals surface area contributed by atoms with Crippen LogP contribution in [0.25, 0.3) is 0 Å². The van der Waals surface area contributed by atoms with Gasteiger partial charge in [-0.05, 0) is 26.0 Å². The van der Waals surface area contributed by atoms with Crippen molar-refractivity contribution in [3.63, 3.8) is 0 Å². The van der Waals surface area contributed by atoms with Gasteiger partial charge in [-0.2, -0.15) is 0 Å². The fraction of sp³-hybridized carbons (Fsp3) is 0.231. The summed E-state index contributed by atoms with van der Waals surface area (Å²) in [4.78, 5) is 14.0. The van der Waals surface area contributed by atoms with E-state index in [2.05, 4.69) is 5.16 Å². The van der Waals surface area contributed by atoms with Gasteiger partial charge in [0.2, 0.25) is 0 Å². The van der Waals surface area contributed by atoms with Crippen LogP contribution >= 0.6 is 0 Å². The predicted octanol–water partition coefficient (Wildman–Crippen LogP) is 2.23. The molecule has 1 amide bonds. The van der Waals surface area contributed by atoms with E-state index >= 15 is 0 Å². The summed E-state index contributed by atoms with van der Waals surface area (Å²) in [6.07, 6.45) is 1.43. The first kappa shape index (κ1) is 12.2. The Morgan fingerprint density at radius 2 is 2.17 bits per heavy atom. The Hall–Kier alpha value is -2.30. The molecule has 1 aromatic heterocycles. The van der Waals surface area contributed by atoms with E-state index in [4.69, 9.17) is 10.3 Å². The largest absolute Gasteiger partial charge is 0.397 e. The van der Waals surface area contributed by atoms with Crippen LogP contribution in [-0.2, 0) is 0 Å². The van der Waals surface area contributed by atoms with Crippen LogP contribution < -0.4 is 10.6 Å². The number of benzene rings is 1. The number of anilines is 2. The number of aryl methyl sites for hydroxylation is 1. The van der Waals surface area contributed by atoms with Gasteiger partial charge in [0.1, 0.15) is 11.3 Å². The van der Waals surface area contributed by atoms with E-state index in [1.165, 1.54) is 6.20 Å². The summed E-state index contributed by atoms with van der Waals surface area (Å²) < 4.78 is 4.92. The van der Waals surface area contributed by atoms with E-state index in [9.17, 15) is 4.79 Å². The number of hydrogen-bond donors (Lipinski definition) is 1. The number of carbonyl (C=O) groups excluding carboxylic acids is 1. The fourth-order valence-corrected chi connectivity index (χ4v) is 1.81. The van der Waals surface area contributed by atoms with Crippen molar-refractivity contribution >= 4 is 17.3 Å². The minimum atomic E-state index is -0.158. The van der Waals surface area contributed by atoms with Crippen molar-refractivity contribution in [1.29, 1.82) is 0 Å². The Bertz CT molecular complexity index is 563. The lowest BCUT2D eigenvalue weighted by Gasteiger charge is -2.21. The van der Waals surface area contributed by atoms with Crippen LogP contribution in [-0.4, -0.2) is 17.6 Å². The van der Waals surface area contributed by atoms with Crippen molar-refractivity contribution < 1.29 is 9.32 Å². The molecule has 0 unspecified atom stereocenters. The molecule has 2 rings (SSSR count). The number of carbonyl (C=O) groups is 1. The van der Waals surface area contributed by atoms with Gasteiger partial charge in [-0.1, -0.05) is 17.3 Å². The van der Waals surface area contributed by atoms with Gasteiger partial charge in [0.25, 0.3) is 5.91 Å². The van der Waals surface area contributed by atoms with E-state index in [0.29, 0.717) is 29.2 Å². The normalized spacial score (nSPS) is 10.3. The second kappa shape index (κ2) is 4.91. The lowest BCUT2D eigenvalue weighted by molar-refractivity contribution is 0.0987. The molecule has 2 aromatic rings. The van der Waals surface area contributed by atoms with Crippen molar-refractivity contribution in [1.82, 2.24) is 5.16 Å². The van der Waals surface area contributed by atoms with E-state index in [1.807, 2.05) is 25.1 Å². The average Bonchev–Trinajstić information content (AvgIpc) is 2.78. The van der Waals surface area contributed by atoms with Gasteiger partial charge < -0.3 is 15.2 Å². The maximum atomic E-state index is 12.4. The summed E-state index contributed by atoms with van der Waals surface area (Å²) in [5.74, 6) is 0.349. The van der Waals surface area contributed by atoms with E-state index in [-0.39, 0.29) is 5.91 Å². The maximum absolute atomic E-state index is 12.4. The van der Waals surface area contributed by atoms with Crippen LogP contribution in [0.4, 0.5) is 11.4 Å². The molecule has 2 N–H and O–H groups in total. The van der Waals surface area contributed by atoms with Crippen molar-refractivity contribution in [3.8, 4) is 0 Å². The smallest absolute Gasteiger partial charge is 0.263 e. The molecule has 1 aromatic carbocycles. The lowest BCUT2D eigenvalue weighted by atomic mass is 10.2. The van der Waals surface area contributed by atoms with Crippen LogP contribution in [0.5, 0.6) is 0 Å². The molecule has 0 aliphatic rings. The van der Waals surface area contributed by atoms with Crippen molar-refractivity contribution in [2.75, 3.05) is 17.2 Å². The monoisotopic (exact) mass is 245 g/mol. The Morgan fingerprint density at radius 1 is 1.44 bits per heavy atom. The maximum Gasteiger partial charge on any atom is 0.263 e. The first-order valence-electron chi connectivity index (χ1n) is 5.72. The molecule has 0 spiro atoms. The quantitative estimate of drug-likeness (QED) is 0.841. The van der Waals surface area contributed by atoms with Crippen LogP contribution in [0.15, 0.2) is 35.0 Å². The van der Waals surface area contributed by atoms with Gasteiger partial charge in [0.15, 0.2) is 0 Å². The van der Waals surface area contributed by atoms with Gasteiger partial charge >= 0.3 is 0 Å². The third-order valence-electron chi connectivity index (χ3n) is 2.77. The summed E-state index contributed by atoms with van der Waals surface area (Å²) in [6, 6.07) is 7.27. The topological polar surface area (TPSA) is 72.4 Å². The predicted molar refractivity (Wildman–Crippen MR) is 69.4 cm³/mol. The van der Waals surface area contributed by atoms with Crippen molar-refractivity contribution in [2.24, 2.45) is 0 Å². The van der Waals surface area contributed by atoms with Crippen molar-refractivity contribution in [2.45, 2.75) is 13.8 Å². The molecule has 18 heavy (non-hydrogen) atoms. The third-order valence-corrected chi connectivity index (χ3v) is 2.77. The van der Waals surface area contributed by atoms with Crippen LogP contribution in [0.2, 0.25) is 0 Å². The van der Waals surface area contributed by atoms with Gasteiger partial charge in [-0.25, -0.2) is 0 Å². The second-order valence-electron chi connectivity index (χ2n) is 3.90. The highest BCUT2D eigenvalue weighted by Gasteiger charge is 2.21. The SMILES string of the molecule is CCN(C(=O)c1cnoc1C)c1ccccc1N. The lowest BCUT2D eigenvalue weighted by Crippen LogP contribution is -2.31. The molecular weight excluding hydrogens is 230 g/mol. The molecule has 0 aliphatic carbocycles. The average molecular weight is 245 g/mol. The first-order chi connectivity index (χ1) is 8.65. The van der Waals surface area contributed by atoms with Gasteiger partial charge in [0, 0.05) is 6.54 Å². The minimum Gasteiger partial charge on any atom is -0.397 e. The van der Waals surface area contributed by atoms with Gasteiger partial charge in [0.05, 0.1) is 17.6 Å². The number of nitrogens with two attached hydrogens (primary N) is 1. The molecule has 0 radical (unpaired) electrons. The van der Waals surface area contributed by atoms with Crippen molar-refractivity contribution in [3.05, 3.63) is 41.8 Å². The molecule has 0 aliphatic heterocycles. The zero-order valence-corrected chi connectivity index (χ0v) is 10.4. The van der Waals surface area contributed by atoms with Gasteiger partial charge in [-0.3, -0.25) is 4.79 Å². The number of nitrogen functional groups attached to an aromatic ring is 1. The van der Waals surface area contributed by atoms with Crippen LogP contribution in [0.3, 0.4) is 0 Å². The molecule has 0 fully saturated rings. The fourth-order valence-electron chi connectivity index (χ4n) is 1.81. The molecule has 5 heteroatoms. The van der Waals surface area contributed by atoms with E-state index in [1.54, 1.807) is 17.9 Å². The number of para-hydroxylation sites is 2. The Morgan fingerprint density at radius 3 is 2.72 bits per heavy atom. The van der Waals surface area contributed by atoms with Crippen LogP contribution in [0.1, 0.15) is 23.0 Å². The van der Waals surface area contributed by atoms with Crippen LogP contribution in [0, 0.1) is 6.92 Å². The molecule has 0 bridgehead atoms. The highest BCUT2D eigenvalue weighted by atomic mass is 16.5. The van der Waals surface area contributed by atoms with E-state index < -0.39 is 0 Å². The standard InChI is InChI=1S/C13H15N3O2/c1-3-16(12-7-5-4-6-11(12)14)13(17)10-8-15-18-9(10)2/h4-8H,3,14H2,1-2H3. The molecule has 94 valence electrons. The number of amides is 1. The Kier molecular flexibility index (Phi) is 3.32. The summed E-state index contributed by atoms with van der Waals surface area (Å²) >= 11 is 0. The van der Waals surface area contributed by atoms with E-state index in [0.717, 1.165) is 0 Å². The summed E-state index contributed by atoms with van der Waals surface area (Å²) in [5, 5.41) is 3.62. The highest BCUT2D eigenvalue weighted by Crippen LogP contribution is 2.24. The molecule has 1 heterocycles. The number of aromatic nitrogens is 1. The summed E-state index contributed by atoms with van der Waals surface area (Å²) in [5.41, 5.74) is 7.62. The number of rotatable bonds is 3. The molecule has 5 nitrogen and oxygen atoms in total. The highest BCUT2D eigenvalue weighted by molar-refractivity contribution is 6.07. The summed E-state index contributed by atoms with van der Waals surface area (Å²) in [7, 11) is 0. The number of hydrogen-bond acceptors (Lipinski definition) is 4. The minimum absolute atomic E-state index is 0.158. The molecular formula is C13H15N3O2. The molecule has 0 saturated heterocycles. The Labute approximate surface area is 105 Å². The Balaban J connectivity index is 2.39. The zero-order valence-electron chi connectivity index (χ0n) is 10.4. The molecule has 0 atom stereocenters. The molecule has 0 saturated carbocycles. The number of nitrogens with zero attached hydrogens (tertiary/aromatic N) is 2.